The third-order valence-electron chi connectivity index (χ3n) is 5.70. The monoisotopic (exact) mass is 386 g/mol. The fraction of sp³-hybridized carbons (Fsp3) is 0.636. The van der Waals surface area contributed by atoms with E-state index in [0.717, 1.165) is 25.7 Å². The van der Waals surface area contributed by atoms with E-state index in [0.29, 0.717) is 31.7 Å². The Bertz CT molecular complexity index is 754. The lowest BCUT2D eigenvalue weighted by molar-refractivity contribution is -0.180. The van der Waals surface area contributed by atoms with E-state index in [1.165, 1.54) is 0 Å². The molecule has 1 aliphatic carbocycles. The predicted molar refractivity (Wildman–Crippen MR) is 105 cm³/mol. The van der Waals surface area contributed by atoms with Crippen molar-refractivity contribution < 1.29 is 19.1 Å². The minimum Gasteiger partial charge on any atom is -0.444 e. The van der Waals surface area contributed by atoms with Gasteiger partial charge in [0.2, 0.25) is 0 Å². The fourth-order valence-corrected chi connectivity index (χ4v) is 4.37. The third-order valence-corrected chi connectivity index (χ3v) is 5.70. The summed E-state index contributed by atoms with van der Waals surface area (Å²) in [5, 5.41) is 0. The van der Waals surface area contributed by atoms with Crippen molar-refractivity contribution >= 4 is 12.0 Å². The molecule has 28 heavy (non-hydrogen) atoms. The van der Waals surface area contributed by atoms with Crippen molar-refractivity contribution in [2.75, 3.05) is 26.2 Å². The zero-order valence-electron chi connectivity index (χ0n) is 17.1. The number of rotatable bonds is 1. The Balaban J connectivity index is 1.53. The largest absolute Gasteiger partial charge is 0.444 e. The van der Waals surface area contributed by atoms with Crippen LogP contribution in [0.15, 0.2) is 30.3 Å². The molecular formula is C22H30N2O4. The number of carbonyl (C=O) groups excluding carboxylic acids is 2. The second-order valence-corrected chi connectivity index (χ2v) is 9.50. The summed E-state index contributed by atoms with van der Waals surface area (Å²) in [6, 6.07) is 9.41. The molecule has 4 rings (SSSR count). The lowest BCUT2D eigenvalue weighted by atomic mass is 9.89. The summed E-state index contributed by atoms with van der Waals surface area (Å²) >= 11 is 0. The van der Waals surface area contributed by atoms with E-state index in [2.05, 4.69) is 0 Å². The van der Waals surface area contributed by atoms with Crippen LogP contribution in [-0.2, 0) is 9.47 Å². The average molecular weight is 386 g/mol. The molecule has 152 valence electrons. The average Bonchev–Trinajstić information content (AvgIpc) is 3.37. The van der Waals surface area contributed by atoms with Gasteiger partial charge in [-0.25, -0.2) is 4.79 Å². The molecule has 2 aliphatic heterocycles. The first-order valence-electron chi connectivity index (χ1n) is 10.2. The molecule has 0 bridgehead atoms. The summed E-state index contributed by atoms with van der Waals surface area (Å²) < 4.78 is 12.2. The lowest BCUT2D eigenvalue weighted by Crippen LogP contribution is -2.64. The van der Waals surface area contributed by atoms with Crippen LogP contribution < -0.4 is 0 Å². The van der Waals surface area contributed by atoms with Crippen LogP contribution in [0.1, 0.15) is 56.8 Å². The highest BCUT2D eigenvalue weighted by molar-refractivity contribution is 5.94. The van der Waals surface area contributed by atoms with Gasteiger partial charge in [-0.2, -0.15) is 0 Å². The van der Waals surface area contributed by atoms with Crippen molar-refractivity contribution in [2.45, 2.75) is 63.3 Å². The Morgan fingerprint density at radius 2 is 1.61 bits per heavy atom. The van der Waals surface area contributed by atoms with Gasteiger partial charge in [0.15, 0.2) is 0 Å². The van der Waals surface area contributed by atoms with Crippen LogP contribution in [0, 0.1) is 0 Å². The van der Waals surface area contributed by atoms with Gasteiger partial charge in [0, 0.05) is 12.1 Å². The molecule has 3 aliphatic rings. The van der Waals surface area contributed by atoms with E-state index in [1.54, 1.807) is 4.90 Å². The molecule has 2 amide bonds. The third kappa shape index (κ3) is 4.02. The predicted octanol–water partition coefficient (Wildman–Crippen LogP) is 3.46. The highest BCUT2D eigenvalue weighted by Gasteiger charge is 2.57. The minimum atomic E-state index is -0.526. The van der Waals surface area contributed by atoms with Gasteiger partial charge in [-0.3, -0.25) is 4.79 Å². The molecule has 1 unspecified atom stereocenters. The van der Waals surface area contributed by atoms with Crippen LogP contribution in [0.3, 0.4) is 0 Å². The van der Waals surface area contributed by atoms with Crippen LogP contribution in [-0.4, -0.2) is 64.8 Å². The summed E-state index contributed by atoms with van der Waals surface area (Å²) in [7, 11) is 0. The maximum absolute atomic E-state index is 13.1. The van der Waals surface area contributed by atoms with Crippen molar-refractivity contribution in [3.63, 3.8) is 0 Å². The second kappa shape index (κ2) is 6.76. The molecule has 1 atom stereocenters. The number of nitrogens with zero attached hydrogens (tertiary/aromatic N) is 2. The Kier molecular flexibility index (Phi) is 4.65. The summed E-state index contributed by atoms with van der Waals surface area (Å²) in [5.41, 5.74) is -0.564. The van der Waals surface area contributed by atoms with E-state index in [1.807, 2.05) is 56.0 Å². The summed E-state index contributed by atoms with van der Waals surface area (Å²) in [6.07, 6.45) is 3.35. The van der Waals surface area contributed by atoms with Crippen LogP contribution in [0.4, 0.5) is 4.79 Å². The number of hydrogen-bond donors (Lipinski definition) is 0. The molecule has 6 heteroatoms. The molecule has 0 N–H and O–H groups in total. The van der Waals surface area contributed by atoms with Gasteiger partial charge in [-0.05, 0) is 58.6 Å². The van der Waals surface area contributed by atoms with Crippen LogP contribution in [0.2, 0.25) is 0 Å². The number of hydrogen-bond acceptors (Lipinski definition) is 4. The van der Waals surface area contributed by atoms with Crippen LogP contribution >= 0.6 is 0 Å². The second-order valence-electron chi connectivity index (χ2n) is 9.50. The lowest BCUT2D eigenvalue weighted by Gasteiger charge is -2.51. The van der Waals surface area contributed by atoms with Gasteiger partial charge in [0.1, 0.15) is 11.2 Å². The van der Waals surface area contributed by atoms with Gasteiger partial charge in [-0.1, -0.05) is 18.2 Å². The van der Waals surface area contributed by atoms with E-state index >= 15 is 0 Å². The van der Waals surface area contributed by atoms with Gasteiger partial charge in [-0.15, -0.1) is 0 Å². The zero-order chi connectivity index (χ0) is 20.0. The first kappa shape index (κ1) is 19.2. The molecule has 1 aromatic rings. The quantitative estimate of drug-likeness (QED) is 0.742. The first-order valence-corrected chi connectivity index (χ1v) is 10.2. The molecule has 2 spiro atoms. The van der Waals surface area contributed by atoms with Crippen LogP contribution in [0.5, 0.6) is 0 Å². The van der Waals surface area contributed by atoms with Gasteiger partial charge >= 0.3 is 6.09 Å². The molecule has 6 nitrogen and oxygen atoms in total. The van der Waals surface area contributed by atoms with E-state index in [9.17, 15) is 9.59 Å². The fourth-order valence-electron chi connectivity index (χ4n) is 4.37. The Hall–Kier alpha value is -2.08. The van der Waals surface area contributed by atoms with Gasteiger partial charge in [0.25, 0.3) is 5.91 Å². The molecule has 2 saturated heterocycles. The number of piperidine rings is 1. The SMILES string of the molecule is CC(C)(C)OC(=O)N1CCCC2(C1)CN(C(=O)c1ccccc1)CC1(CC1)O2. The summed E-state index contributed by atoms with van der Waals surface area (Å²) in [6.45, 7) is 7.92. The molecule has 2 heterocycles. The topological polar surface area (TPSA) is 59.1 Å². The zero-order valence-corrected chi connectivity index (χ0v) is 17.1. The van der Waals surface area contributed by atoms with Crippen molar-refractivity contribution in [1.82, 2.24) is 9.80 Å². The van der Waals surface area contributed by atoms with E-state index < -0.39 is 11.2 Å². The summed E-state index contributed by atoms with van der Waals surface area (Å²) in [5.74, 6) is 0.0453. The highest BCUT2D eigenvalue weighted by atomic mass is 16.6. The summed E-state index contributed by atoms with van der Waals surface area (Å²) in [4.78, 5) is 29.4. The van der Waals surface area contributed by atoms with Gasteiger partial charge < -0.3 is 19.3 Å². The smallest absolute Gasteiger partial charge is 0.410 e. The molecular weight excluding hydrogens is 356 g/mol. The molecule has 1 saturated carbocycles. The number of morpholine rings is 1. The van der Waals surface area contributed by atoms with Crippen molar-refractivity contribution in [2.24, 2.45) is 0 Å². The maximum Gasteiger partial charge on any atom is 0.410 e. The standard InChI is InChI=1S/C22H30N2O4/c1-20(2,3)27-19(26)23-13-7-10-22(15-23)16-24(14-21(28-22)11-12-21)18(25)17-8-5-4-6-9-17/h4-6,8-9H,7,10-16H2,1-3H3. The minimum absolute atomic E-state index is 0.0453. The van der Waals surface area contributed by atoms with Crippen LogP contribution in [0.25, 0.3) is 0 Å². The molecule has 0 aromatic heterocycles. The molecule has 3 fully saturated rings. The first-order chi connectivity index (χ1) is 13.2. The number of likely N-dealkylation sites (tertiary alicyclic amines) is 1. The van der Waals surface area contributed by atoms with E-state index in [-0.39, 0.29) is 17.6 Å². The van der Waals surface area contributed by atoms with Crippen molar-refractivity contribution in [3.8, 4) is 0 Å². The number of carbonyl (C=O) groups is 2. The Morgan fingerprint density at radius 3 is 2.25 bits per heavy atom. The Labute approximate surface area is 166 Å². The maximum atomic E-state index is 13.1. The van der Waals surface area contributed by atoms with Gasteiger partial charge in [0.05, 0.1) is 25.2 Å². The number of benzene rings is 1. The number of ether oxygens (including phenoxy) is 2. The highest BCUT2D eigenvalue weighted by Crippen LogP contribution is 2.48. The molecule has 0 radical (unpaired) electrons. The van der Waals surface area contributed by atoms with E-state index in [4.69, 9.17) is 9.47 Å². The van der Waals surface area contributed by atoms with Crippen molar-refractivity contribution in [3.05, 3.63) is 35.9 Å². The Morgan fingerprint density at radius 1 is 0.964 bits per heavy atom. The normalized spacial score (nSPS) is 26.4. The van der Waals surface area contributed by atoms with Crippen molar-refractivity contribution in [1.29, 1.82) is 0 Å². The number of amides is 2. The molecule has 1 aromatic carbocycles.